The van der Waals surface area contributed by atoms with Crippen LogP contribution in [0.25, 0.3) is 0 Å². The van der Waals surface area contributed by atoms with E-state index in [1.54, 1.807) is 44.2 Å². The Morgan fingerprint density at radius 3 is 2.45 bits per heavy atom. The van der Waals surface area contributed by atoms with E-state index in [-0.39, 0.29) is 11.9 Å². The number of aryl methyl sites for hydroxylation is 1. The van der Waals surface area contributed by atoms with E-state index in [9.17, 15) is 4.39 Å². The maximum atomic E-state index is 13.6. The Morgan fingerprint density at radius 2 is 1.90 bits per heavy atom. The van der Waals surface area contributed by atoms with Gasteiger partial charge in [-0.25, -0.2) is 4.39 Å². The molecule has 2 aromatic carbocycles. The number of nitriles is 1. The monoisotopic (exact) mass is 270 g/mol. The van der Waals surface area contributed by atoms with Crippen molar-refractivity contribution in [3.05, 3.63) is 58.9 Å². The van der Waals surface area contributed by atoms with E-state index < -0.39 is 0 Å². The Labute approximate surface area is 117 Å². The van der Waals surface area contributed by atoms with Crippen LogP contribution in [0.5, 0.6) is 11.5 Å². The summed E-state index contributed by atoms with van der Waals surface area (Å²) in [5.74, 6) is 0.810. The molecule has 0 heterocycles. The van der Waals surface area contributed by atoms with E-state index in [1.165, 1.54) is 6.07 Å². The van der Waals surface area contributed by atoms with E-state index in [1.807, 2.05) is 6.07 Å². The molecule has 0 spiro atoms. The smallest absolute Gasteiger partial charge is 0.132 e. The van der Waals surface area contributed by atoms with Gasteiger partial charge >= 0.3 is 0 Å². The Kier molecular flexibility index (Phi) is 4.02. The molecule has 102 valence electrons. The van der Waals surface area contributed by atoms with E-state index in [4.69, 9.17) is 15.7 Å². The summed E-state index contributed by atoms with van der Waals surface area (Å²) in [5.41, 5.74) is 7.51. The molecule has 0 saturated heterocycles. The van der Waals surface area contributed by atoms with Gasteiger partial charge in [0.2, 0.25) is 0 Å². The van der Waals surface area contributed by atoms with Crippen molar-refractivity contribution in [2.45, 2.75) is 19.9 Å². The number of nitrogens with zero attached hydrogens (tertiary/aromatic N) is 1. The van der Waals surface area contributed by atoms with Crippen molar-refractivity contribution in [3.8, 4) is 17.6 Å². The molecule has 1 atom stereocenters. The molecule has 0 fully saturated rings. The van der Waals surface area contributed by atoms with Crippen LogP contribution < -0.4 is 10.5 Å². The van der Waals surface area contributed by atoms with Gasteiger partial charge in [-0.1, -0.05) is 0 Å². The minimum Gasteiger partial charge on any atom is -0.457 e. The van der Waals surface area contributed by atoms with Crippen LogP contribution in [0, 0.1) is 24.1 Å². The molecular weight excluding hydrogens is 255 g/mol. The Bertz CT molecular complexity index is 657. The maximum absolute atomic E-state index is 13.6. The van der Waals surface area contributed by atoms with Crippen LogP contribution in [0.3, 0.4) is 0 Å². The van der Waals surface area contributed by atoms with Crippen LogP contribution in [0.1, 0.15) is 29.7 Å². The first-order valence-electron chi connectivity index (χ1n) is 6.25. The number of hydrogen-bond donors (Lipinski definition) is 1. The quantitative estimate of drug-likeness (QED) is 0.922. The summed E-state index contributed by atoms with van der Waals surface area (Å²) in [4.78, 5) is 0. The molecule has 0 saturated carbocycles. The summed E-state index contributed by atoms with van der Waals surface area (Å²) in [7, 11) is 0. The SMILES string of the molecule is Cc1cc(Oc2ccc(C#N)cc2)c([C@@H](C)N)cc1F. The molecule has 2 aromatic rings. The molecule has 0 aliphatic heterocycles. The number of rotatable bonds is 3. The third-order valence-electron chi connectivity index (χ3n) is 2.99. The second kappa shape index (κ2) is 5.72. The average Bonchev–Trinajstić information content (AvgIpc) is 2.43. The molecule has 4 heteroatoms. The van der Waals surface area contributed by atoms with Crippen molar-refractivity contribution in [1.82, 2.24) is 0 Å². The molecule has 2 rings (SSSR count). The van der Waals surface area contributed by atoms with Crippen molar-refractivity contribution in [2.75, 3.05) is 0 Å². The zero-order valence-electron chi connectivity index (χ0n) is 11.4. The second-order valence-electron chi connectivity index (χ2n) is 4.67. The van der Waals surface area contributed by atoms with Gasteiger partial charge in [-0.15, -0.1) is 0 Å². The predicted octanol–water partition coefficient (Wildman–Crippen LogP) is 3.82. The normalized spacial score (nSPS) is 11.8. The predicted molar refractivity (Wildman–Crippen MR) is 75.0 cm³/mol. The van der Waals surface area contributed by atoms with Crippen LogP contribution in [-0.2, 0) is 0 Å². The molecule has 3 nitrogen and oxygen atoms in total. The fourth-order valence-electron chi connectivity index (χ4n) is 1.84. The van der Waals surface area contributed by atoms with Gasteiger partial charge < -0.3 is 10.5 Å². The third kappa shape index (κ3) is 2.95. The second-order valence-corrected chi connectivity index (χ2v) is 4.67. The summed E-state index contributed by atoms with van der Waals surface area (Å²) >= 11 is 0. The van der Waals surface area contributed by atoms with Gasteiger partial charge in [-0.2, -0.15) is 5.26 Å². The fourth-order valence-corrected chi connectivity index (χ4v) is 1.84. The first-order chi connectivity index (χ1) is 9.51. The average molecular weight is 270 g/mol. The van der Waals surface area contributed by atoms with E-state index in [0.29, 0.717) is 28.2 Å². The minimum absolute atomic E-state index is 0.301. The molecule has 0 amide bonds. The maximum Gasteiger partial charge on any atom is 0.132 e. The molecule has 2 N–H and O–H groups in total. The van der Waals surface area contributed by atoms with Crippen molar-refractivity contribution in [3.63, 3.8) is 0 Å². The number of benzene rings is 2. The van der Waals surface area contributed by atoms with Crippen molar-refractivity contribution < 1.29 is 9.13 Å². The highest BCUT2D eigenvalue weighted by Crippen LogP contribution is 2.31. The van der Waals surface area contributed by atoms with Crippen LogP contribution in [-0.4, -0.2) is 0 Å². The van der Waals surface area contributed by atoms with Gasteiger partial charge in [0.05, 0.1) is 11.6 Å². The van der Waals surface area contributed by atoms with Gasteiger partial charge in [0.25, 0.3) is 0 Å². The lowest BCUT2D eigenvalue weighted by Crippen LogP contribution is -2.08. The van der Waals surface area contributed by atoms with Gasteiger partial charge in [0.1, 0.15) is 17.3 Å². The highest BCUT2D eigenvalue weighted by molar-refractivity contribution is 5.43. The summed E-state index contributed by atoms with van der Waals surface area (Å²) in [5, 5.41) is 8.75. The topological polar surface area (TPSA) is 59.0 Å². The number of hydrogen-bond acceptors (Lipinski definition) is 3. The molecular formula is C16H15FN2O. The van der Waals surface area contributed by atoms with Gasteiger partial charge in [-0.05, 0) is 55.8 Å². The van der Waals surface area contributed by atoms with Crippen LogP contribution in [0.15, 0.2) is 36.4 Å². The summed E-state index contributed by atoms with van der Waals surface area (Å²) in [6.45, 7) is 3.45. The van der Waals surface area contributed by atoms with E-state index in [2.05, 4.69) is 0 Å². The highest BCUT2D eigenvalue weighted by Gasteiger charge is 2.13. The first kappa shape index (κ1) is 14.0. The lowest BCUT2D eigenvalue weighted by Gasteiger charge is -2.15. The Hall–Kier alpha value is -2.38. The van der Waals surface area contributed by atoms with Gasteiger partial charge in [0, 0.05) is 11.6 Å². The van der Waals surface area contributed by atoms with E-state index in [0.717, 1.165) is 0 Å². The lowest BCUT2D eigenvalue weighted by molar-refractivity contribution is 0.468. The largest absolute Gasteiger partial charge is 0.457 e. The third-order valence-corrected chi connectivity index (χ3v) is 2.99. The van der Waals surface area contributed by atoms with Gasteiger partial charge in [-0.3, -0.25) is 0 Å². The molecule has 20 heavy (non-hydrogen) atoms. The molecule has 0 bridgehead atoms. The number of halogens is 1. The Morgan fingerprint density at radius 1 is 1.25 bits per heavy atom. The molecule has 0 aliphatic rings. The molecule has 0 aromatic heterocycles. The van der Waals surface area contributed by atoms with Gasteiger partial charge in [0.15, 0.2) is 0 Å². The molecule has 0 radical (unpaired) electrons. The van der Waals surface area contributed by atoms with Crippen LogP contribution >= 0.6 is 0 Å². The zero-order valence-corrected chi connectivity index (χ0v) is 11.4. The molecule has 0 aliphatic carbocycles. The standard InChI is InChI=1S/C16H15FN2O/c1-10-7-16(14(11(2)19)8-15(10)17)20-13-5-3-12(9-18)4-6-13/h3-8,11H,19H2,1-2H3/t11-/m1/s1. The van der Waals surface area contributed by atoms with Crippen LogP contribution in [0.4, 0.5) is 4.39 Å². The highest BCUT2D eigenvalue weighted by atomic mass is 19.1. The first-order valence-corrected chi connectivity index (χ1v) is 6.25. The molecule has 0 unspecified atom stereocenters. The zero-order chi connectivity index (χ0) is 14.7. The lowest BCUT2D eigenvalue weighted by atomic mass is 10.0. The summed E-state index contributed by atoms with van der Waals surface area (Å²) < 4.78 is 19.4. The summed E-state index contributed by atoms with van der Waals surface area (Å²) in [6.07, 6.45) is 0. The minimum atomic E-state index is -0.335. The number of nitrogens with two attached hydrogens (primary N) is 1. The van der Waals surface area contributed by atoms with E-state index >= 15 is 0 Å². The fraction of sp³-hybridized carbons (Fsp3) is 0.188. The van der Waals surface area contributed by atoms with Crippen molar-refractivity contribution in [1.29, 1.82) is 5.26 Å². The Balaban J connectivity index is 2.36. The van der Waals surface area contributed by atoms with Crippen molar-refractivity contribution >= 4 is 0 Å². The van der Waals surface area contributed by atoms with Crippen LogP contribution in [0.2, 0.25) is 0 Å². The van der Waals surface area contributed by atoms with Crippen molar-refractivity contribution in [2.24, 2.45) is 5.73 Å². The summed E-state index contributed by atoms with van der Waals surface area (Å²) in [6, 6.07) is 11.5. The number of ether oxygens (including phenoxy) is 1.